The van der Waals surface area contributed by atoms with Crippen molar-refractivity contribution in [2.45, 2.75) is 38.0 Å². The smallest absolute Gasteiger partial charge is 0.332 e. The Labute approximate surface area is 176 Å². The maximum Gasteiger partial charge on any atom is 0.332 e. The van der Waals surface area contributed by atoms with Gasteiger partial charge in [-0.25, -0.2) is 4.79 Å². The topological polar surface area (TPSA) is 118 Å². The Morgan fingerprint density at radius 3 is 2.70 bits per heavy atom. The first-order valence-electron chi connectivity index (χ1n) is 9.59. The molecule has 1 fully saturated rings. The minimum Gasteiger partial charge on any atom is -0.393 e. The molecule has 1 aliphatic rings. The van der Waals surface area contributed by atoms with E-state index < -0.39 is 11.2 Å². The van der Waals surface area contributed by atoms with Gasteiger partial charge in [0, 0.05) is 20.1 Å². The van der Waals surface area contributed by atoms with E-state index in [2.05, 4.69) is 10.3 Å². The molecule has 156 valence electrons. The first-order valence-corrected chi connectivity index (χ1v) is 9.97. The number of imidazole rings is 1. The average Bonchev–Trinajstić information content (AvgIpc) is 3.27. The van der Waals surface area contributed by atoms with Crippen molar-refractivity contribution in [3.05, 3.63) is 55.2 Å². The lowest BCUT2D eigenvalue weighted by atomic mass is 10.1. The van der Waals surface area contributed by atoms with Crippen LogP contribution >= 0.6 is 11.6 Å². The minimum absolute atomic E-state index is 0.0234. The highest BCUT2D eigenvalue weighted by molar-refractivity contribution is 6.31. The summed E-state index contributed by atoms with van der Waals surface area (Å²) in [6.07, 6.45) is 1.82. The van der Waals surface area contributed by atoms with Crippen molar-refractivity contribution in [2.24, 2.45) is 14.1 Å². The molecule has 0 bridgehead atoms. The molecular formula is C20H21ClN6O3. The lowest BCUT2D eigenvalue weighted by molar-refractivity contribution is 0.182. The molecule has 0 amide bonds. The number of hydrogen-bond acceptors (Lipinski definition) is 6. The van der Waals surface area contributed by atoms with Gasteiger partial charge in [0.05, 0.1) is 23.2 Å². The third-order valence-corrected chi connectivity index (χ3v) is 5.91. The molecule has 1 aromatic carbocycles. The number of anilines is 1. The van der Waals surface area contributed by atoms with E-state index >= 15 is 0 Å². The molecular weight excluding hydrogens is 408 g/mol. The molecule has 1 saturated carbocycles. The van der Waals surface area contributed by atoms with E-state index in [1.165, 1.54) is 4.57 Å². The third-order valence-electron chi connectivity index (χ3n) is 5.59. The molecule has 4 rings (SSSR count). The number of aliphatic hydroxyl groups is 1. The van der Waals surface area contributed by atoms with Crippen molar-refractivity contribution in [3.8, 4) is 6.07 Å². The number of rotatable bonds is 4. The Bertz CT molecular complexity index is 1300. The van der Waals surface area contributed by atoms with E-state index in [-0.39, 0.29) is 23.7 Å². The number of benzene rings is 1. The van der Waals surface area contributed by atoms with E-state index in [4.69, 9.17) is 16.9 Å². The number of nitriles is 1. The lowest BCUT2D eigenvalue weighted by Crippen LogP contribution is -2.39. The summed E-state index contributed by atoms with van der Waals surface area (Å²) in [5, 5.41) is 22.3. The number of aliphatic hydroxyl groups excluding tert-OH is 1. The SMILES string of the molecule is Cn1c(NC2CCC(O)C2)nc2c1c(=O)n(Cc1ccc(C#N)c(Cl)c1)c(=O)n2C. The second-order valence-corrected chi connectivity index (χ2v) is 8.04. The van der Waals surface area contributed by atoms with E-state index in [0.29, 0.717) is 34.7 Å². The molecule has 3 aromatic rings. The minimum atomic E-state index is -0.492. The maximum atomic E-state index is 13.2. The third kappa shape index (κ3) is 3.38. The van der Waals surface area contributed by atoms with Crippen molar-refractivity contribution >= 4 is 28.7 Å². The van der Waals surface area contributed by atoms with Gasteiger partial charge in [-0.3, -0.25) is 13.9 Å². The van der Waals surface area contributed by atoms with Gasteiger partial charge in [0.1, 0.15) is 6.07 Å². The average molecular weight is 429 g/mol. The summed E-state index contributed by atoms with van der Waals surface area (Å²) < 4.78 is 4.12. The van der Waals surface area contributed by atoms with Crippen LogP contribution in [0.25, 0.3) is 11.2 Å². The van der Waals surface area contributed by atoms with Crippen LogP contribution in [0.3, 0.4) is 0 Å². The second kappa shape index (κ2) is 7.63. The van der Waals surface area contributed by atoms with Gasteiger partial charge >= 0.3 is 5.69 Å². The molecule has 0 radical (unpaired) electrons. The van der Waals surface area contributed by atoms with Gasteiger partial charge in [-0.1, -0.05) is 17.7 Å². The zero-order valence-electron chi connectivity index (χ0n) is 16.6. The number of fused-ring (bicyclic) bond motifs is 1. The fraction of sp³-hybridized carbons (Fsp3) is 0.400. The van der Waals surface area contributed by atoms with Crippen molar-refractivity contribution in [1.82, 2.24) is 18.7 Å². The van der Waals surface area contributed by atoms with Crippen LogP contribution in [0.5, 0.6) is 0 Å². The van der Waals surface area contributed by atoms with Gasteiger partial charge in [0.25, 0.3) is 5.56 Å². The summed E-state index contributed by atoms with van der Waals surface area (Å²) >= 11 is 6.09. The Kier molecular flexibility index (Phi) is 5.13. The highest BCUT2D eigenvalue weighted by Crippen LogP contribution is 2.23. The number of nitrogens with one attached hydrogen (secondary N) is 1. The van der Waals surface area contributed by atoms with E-state index in [0.717, 1.165) is 17.4 Å². The van der Waals surface area contributed by atoms with Gasteiger partial charge in [0.15, 0.2) is 11.2 Å². The van der Waals surface area contributed by atoms with Crippen molar-refractivity contribution < 1.29 is 5.11 Å². The van der Waals surface area contributed by atoms with Gasteiger partial charge in [-0.2, -0.15) is 10.2 Å². The summed E-state index contributed by atoms with van der Waals surface area (Å²) in [6.45, 7) is 0.0234. The Morgan fingerprint density at radius 2 is 2.07 bits per heavy atom. The molecule has 0 aliphatic heterocycles. The molecule has 0 saturated heterocycles. The number of nitrogens with zero attached hydrogens (tertiary/aromatic N) is 5. The highest BCUT2D eigenvalue weighted by atomic mass is 35.5. The first kappa shape index (κ1) is 20.2. The Balaban J connectivity index is 1.77. The van der Waals surface area contributed by atoms with Gasteiger partial charge in [-0.05, 0) is 37.0 Å². The maximum absolute atomic E-state index is 13.2. The van der Waals surface area contributed by atoms with Crippen LogP contribution in [0, 0.1) is 11.3 Å². The second-order valence-electron chi connectivity index (χ2n) is 7.63. The standard InChI is InChI=1S/C20H21ClN6O3/c1-25-16-17(24-19(25)23-13-5-6-14(28)8-13)26(2)20(30)27(18(16)29)10-11-3-4-12(9-22)15(21)7-11/h3-4,7,13-14,28H,5-6,8,10H2,1-2H3,(H,23,24). The molecule has 0 spiro atoms. The van der Waals surface area contributed by atoms with E-state index in [1.807, 2.05) is 6.07 Å². The summed E-state index contributed by atoms with van der Waals surface area (Å²) in [5.74, 6) is 0.482. The number of aryl methyl sites for hydroxylation is 2. The van der Waals surface area contributed by atoms with Crippen LogP contribution in [-0.2, 0) is 20.6 Å². The van der Waals surface area contributed by atoms with Crippen LogP contribution in [0.1, 0.15) is 30.4 Å². The molecule has 2 atom stereocenters. The van der Waals surface area contributed by atoms with Crippen LogP contribution < -0.4 is 16.6 Å². The van der Waals surface area contributed by atoms with Crippen LogP contribution in [0.2, 0.25) is 5.02 Å². The number of aromatic nitrogens is 4. The Morgan fingerprint density at radius 1 is 1.30 bits per heavy atom. The summed E-state index contributed by atoms with van der Waals surface area (Å²) in [6, 6.07) is 6.86. The molecule has 1 aliphatic carbocycles. The summed E-state index contributed by atoms with van der Waals surface area (Å²) in [7, 11) is 3.29. The van der Waals surface area contributed by atoms with E-state index in [9.17, 15) is 14.7 Å². The first-order chi connectivity index (χ1) is 14.3. The summed E-state index contributed by atoms with van der Waals surface area (Å²) in [5.41, 5.74) is 0.617. The lowest BCUT2D eigenvalue weighted by Gasteiger charge is -2.12. The van der Waals surface area contributed by atoms with Crippen LogP contribution in [0.4, 0.5) is 5.95 Å². The molecule has 2 N–H and O–H groups in total. The quantitative estimate of drug-likeness (QED) is 0.647. The van der Waals surface area contributed by atoms with Gasteiger partial charge in [-0.15, -0.1) is 0 Å². The fourth-order valence-electron chi connectivity index (χ4n) is 3.91. The largest absolute Gasteiger partial charge is 0.393 e. The zero-order chi connectivity index (χ0) is 21.6. The highest BCUT2D eigenvalue weighted by Gasteiger charge is 2.25. The van der Waals surface area contributed by atoms with Crippen LogP contribution in [0.15, 0.2) is 27.8 Å². The molecule has 2 heterocycles. The van der Waals surface area contributed by atoms with Gasteiger partial charge < -0.3 is 15.0 Å². The predicted molar refractivity (Wildman–Crippen MR) is 113 cm³/mol. The van der Waals surface area contributed by atoms with Gasteiger partial charge in [0.2, 0.25) is 5.95 Å². The van der Waals surface area contributed by atoms with Crippen molar-refractivity contribution in [3.63, 3.8) is 0 Å². The predicted octanol–water partition coefficient (Wildman–Crippen LogP) is 1.33. The molecule has 30 heavy (non-hydrogen) atoms. The van der Waals surface area contributed by atoms with Crippen molar-refractivity contribution in [1.29, 1.82) is 5.26 Å². The monoisotopic (exact) mass is 428 g/mol. The zero-order valence-corrected chi connectivity index (χ0v) is 17.3. The normalized spacial score (nSPS) is 18.6. The fourth-order valence-corrected chi connectivity index (χ4v) is 4.16. The molecule has 9 nitrogen and oxygen atoms in total. The van der Waals surface area contributed by atoms with E-state index in [1.54, 1.807) is 36.9 Å². The molecule has 2 aromatic heterocycles. The number of halogens is 1. The summed E-state index contributed by atoms with van der Waals surface area (Å²) in [4.78, 5) is 30.5. The number of hydrogen-bond donors (Lipinski definition) is 2. The van der Waals surface area contributed by atoms with Crippen molar-refractivity contribution in [2.75, 3.05) is 5.32 Å². The molecule has 10 heteroatoms. The Hall–Kier alpha value is -3.09. The van der Waals surface area contributed by atoms with Crippen LogP contribution in [-0.4, -0.2) is 35.9 Å². The molecule has 2 unspecified atom stereocenters.